The van der Waals surface area contributed by atoms with E-state index in [1.165, 1.54) is 22.8 Å². The van der Waals surface area contributed by atoms with E-state index in [0.29, 0.717) is 0 Å². The van der Waals surface area contributed by atoms with Gasteiger partial charge in [0.25, 0.3) is 0 Å². The second-order valence-electron chi connectivity index (χ2n) is 10.9. The van der Waals surface area contributed by atoms with Crippen LogP contribution in [0, 0.1) is 0 Å². The van der Waals surface area contributed by atoms with Crippen molar-refractivity contribution < 1.29 is 19.1 Å². The molecule has 2 N–H and O–H groups in total. The molecule has 6 nitrogen and oxygen atoms in total. The van der Waals surface area contributed by atoms with Crippen molar-refractivity contribution in [3.05, 3.63) is 95.5 Å². The summed E-state index contributed by atoms with van der Waals surface area (Å²) in [7, 11) is 1.59. The van der Waals surface area contributed by atoms with Gasteiger partial charge < -0.3 is 19.6 Å². The molecule has 4 aliphatic rings. The number of nitrogens with zero attached hydrogens (tertiary/aromatic N) is 1. The molecule has 38 heavy (non-hydrogen) atoms. The minimum atomic E-state index is -0.648. The fourth-order valence-electron chi connectivity index (χ4n) is 7.41. The number of carbonyl (C=O) groups excluding carboxylic acids is 1. The Morgan fingerprint density at radius 2 is 2.03 bits per heavy atom. The lowest BCUT2D eigenvalue weighted by Gasteiger charge is -2.63. The number of likely N-dealkylation sites (N-methyl/N-ethyl adjacent to an activating group) is 1. The van der Waals surface area contributed by atoms with Crippen LogP contribution in [0.2, 0.25) is 0 Å². The summed E-state index contributed by atoms with van der Waals surface area (Å²) < 4.78 is 11.2. The largest absolute Gasteiger partial charge is 0.489 e. The SMILES string of the molecule is CNC(=O)/C=C/c1ccoc1.O[C@@]12CCC[C@@H]3Oc4cccc5c4[C@@]31CCN(CCc1ccccc1)[C@@H]2C5. The average molecular weight is 513 g/mol. The molecule has 1 saturated carbocycles. The van der Waals surface area contributed by atoms with Crippen molar-refractivity contribution >= 4 is 12.0 Å². The number of ether oxygens (including phenoxy) is 1. The lowest BCUT2D eigenvalue weighted by atomic mass is 9.49. The fourth-order valence-corrected chi connectivity index (χ4v) is 7.41. The molecule has 0 radical (unpaired) electrons. The number of benzene rings is 2. The number of hydrogen-bond acceptors (Lipinski definition) is 5. The van der Waals surface area contributed by atoms with Gasteiger partial charge in [0.15, 0.2) is 0 Å². The highest BCUT2D eigenvalue weighted by Crippen LogP contribution is 2.63. The van der Waals surface area contributed by atoms with Gasteiger partial charge in [0.05, 0.1) is 23.5 Å². The Bertz CT molecular complexity index is 1300. The summed E-state index contributed by atoms with van der Waals surface area (Å²) >= 11 is 0. The van der Waals surface area contributed by atoms with Crippen LogP contribution in [0.1, 0.15) is 47.9 Å². The van der Waals surface area contributed by atoms with Crippen LogP contribution in [0.15, 0.2) is 77.6 Å². The number of rotatable bonds is 5. The highest BCUT2D eigenvalue weighted by molar-refractivity contribution is 5.91. The molecule has 1 saturated heterocycles. The monoisotopic (exact) mass is 512 g/mol. The van der Waals surface area contributed by atoms with Crippen LogP contribution < -0.4 is 10.1 Å². The zero-order chi connectivity index (χ0) is 26.2. The van der Waals surface area contributed by atoms with E-state index in [9.17, 15) is 9.90 Å². The minimum Gasteiger partial charge on any atom is -0.489 e. The predicted octanol–water partition coefficient (Wildman–Crippen LogP) is 4.51. The fraction of sp³-hybridized carbons (Fsp3) is 0.406. The molecule has 3 heterocycles. The maximum atomic E-state index is 12.2. The number of amides is 1. The zero-order valence-electron chi connectivity index (χ0n) is 21.9. The molecule has 6 heteroatoms. The summed E-state index contributed by atoms with van der Waals surface area (Å²) in [4.78, 5) is 13.3. The van der Waals surface area contributed by atoms with E-state index < -0.39 is 5.60 Å². The Morgan fingerprint density at radius 3 is 2.82 bits per heavy atom. The van der Waals surface area contributed by atoms with Crippen molar-refractivity contribution in [1.29, 1.82) is 0 Å². The Kier molecular flexibility index (Phi) is 6.62. The van der Waals surface area contributed by atoms with Crippen LogP contribution in [0.5, 0.6) is 5.75 Å². The van der Waals surface area contributed by atoms with Gasteiger partial charge in [-0.3, -0.25) is 9.69 Å². The van der Waals surface area contributed by atoms with Gasteiger partial charge in [0.2, 0.25) is 5.91 Å². The number of piperidine rings is 1. The van der Waals surface area contributed by atoms with Gasteiger partial charge in [-0.1, -0.05) is 42.5 Å². The predicted molar refractivity (Wildman–Crippen MR) is 147 cm³/mol. The number of furan rings is 1. The maximum Gasteiger partial charge on any atom is 0.243 e. The summed E-state index contributed by atoms with van der Waals surface area (Å²) in [6.07, 6.45) is 12.5. The molecule has 1 aromatic heterocycles. The van der Waals surface area contributed by atoms with Gasteiger partial charge in [-0.15, -0.1) is 0 Å². The summed E-state index contributed by atoms with van der Waals surface area (Å²) in [5.41, 5.74) is 4.21. The quantitative estimate of drug-likeness (QED) is 0.492. The van der Waals surface area contributed by atoms with Gasteiger partial charge in [0.1, 0.15) is 11.9 Å². The zero-order valence-corrected chi connectivity index (χ0v) is 21.9. The van der Waals surface area contributed by atoms with Gasteiger partial charge in [-0.2, -0.15) is 0 Å². The third kappa shape index (κ3) is 4.07. The van der Waals surface area contributed by atoms with Crippen molar-refractivity contribution in [3.8, 4) is 5.75 Å². The Morgan fingerprint density at radius 1 is 1.16 bits per heavy atom. The first-order valence-electron chi connectivity index (χ1n) is 13.8. The van der Waals surface area contributed by atoms with Crippen LogP contribution in [-0.2, 0) is 23.1 Å². The van der Waals surface area contributed by atoms with E-state index >= 15 is 0 Å². The van der Waals surface area contributed by atoms with E-state index in [1.807, 2.05) is 0 Å². The molecule has 0 unspecified atom stereocenters. The summed E-state index contributed by atoms with van der Waals surface area (Å²) in [5, 5.41) is 14.6. The standard InChI is InChI=1S/C24H27NO2.C8H9NO2/c26-24-12-5-10-21-23(24)13-15-25(14-11-17-6-2-1-3-7-17)20(24)16-18-8-4-9-19(27-21)22(18)23;1-9-8(10)3-2-7-4-5-11-6-7/h1-4,6-9,20-21,26H,5,10-16H2;2-6H,1H3,(H,9,10)/b;3-2+/t20-,21+,23-,24-;/m1./s1. The smallest absolute Gasteiger partial charge is 0.243 e. The normalized spacial score (nSPS) is 28.7. The molecular formula is C32H36N2O4. The Hall–Kier alpha value is -3.35. The van der Waals surface area contributed by atoms with Crippen LogP contribution in [0.25, 0.3) is 6.08 Å². The second kappa shape index (κ2) is 10.1. The molecule has 2 aromatic carbocycles. The van der Waals surface area contributed by atoms with E-state index in [1.54, 1.807) is 31.7 Å². The first-order chi connectivity index (χ1) is 18.5. The maximum absolute atomic E-state index is 12.2. The summed E-state index contributed by atoms with van der Waals surface area (Å²) in [6, 6.07) is 19.3. The lowest BCUT2D eigenvalue weighted by Crippen LogP contribution is -2.75. The highest BCUT2D eigenvalue weighted by Gasteiger charge is 2.70. The minimum absolute atomic E-state index is 0.119. The number of nitrogens with one attached hydrogen (secondary N) is 1. The first kappa shape index (κ1) is 25.0. The van der Waals surface area contributed by atoms with E-state index in [0.717, 1.165) is 62.9 Å². The van der Waals surface area contributed by atoms with Crippen molar-refractivity contribution in [2.45, 2.75) is 61.7 Å². The van der Waals surface area contributed by atoms with E-state index in [4.69, 9.17) is 9.15 Å². The number of carbonyl (C=O) groups is 1. The molecule has 198 valence electrons. The molecule has 3 aromatic rings. The molecule has 2 fully saturated rings. The van der Waals surface area contributed by atoms with E-state index in [2.05, 4.69) is 58.7 Å². The van der Waals surface area contributed by atoms with Crippen molar-refractivity contribution in [2.24, 2.45) is 0 Å². The van der Waals surface area contributed by atoms with Crippen LogP contribution >= 0.6 is 0 Å². The molecule has 1 spiro atoms. The van der Waals surface area contributed by atoms with Crippen LogP contribution in [-0.4, -0.2) is 53.8 Å². The van der Waals surface area contributed by atoms with Gasteiger partial charge in [0, 0.05) is 36.8 Å². The topological polar surface area (TPSA) is 74.9 Å². The van der Waals surface area contributed by atoms with Gasteiger partial charge in [-0.05, 0) is 74.4 Å². The molecule has 1 amide bonds. The lowest BCUT2D eigenvalue weighted by molar-refractivity contribution is -0.184. The molecule has 2 aliphatic carbocycles. The Balaban J connectivity index is 0.000000204. The van der Waals surface area contributed by atoms with Gasteiger partial charge in [-0.25, -0.2) is 0 Å². The summed E-state index contributed by atoms with van der Waals surface area (Å²) in [6.45, 7) is 2.08. The van der Waals surface area contributed by atoms with E-state index in [-0.39, 0.29) is 23.5 Å². The molecule has 2 aliphatic heterocycles. The van der Waals surface area contributed by atoms with Crippen molar-refractivity contribution in [3.63, 3.8) is 0 Å². The molecule has 2 bridgehead atoms. The molecule has 7 rings (SSSR count). The summed E-state index contributed by atoms with van der Waals surface area (Å²) in [5.74, 6) is 0.931. The number of likely N-dealkylation sites (tertiary alicyclic amines) is 1. The van der Waals surface area contributed by atoms with Gasteiger partial charge >= 0.3 is 0 Å². The molecule has 4 atom stereocenters. The second-order valence-corrected chi connectivity index (χ2v) is 10.9. The number of aliphatic hydroxyl groups is 1. The third-order valence-corrected chi connectivity index (χ3v) is 9.12. The molecular weight excluding hydrogens is 476 g/mol. The van der Waals surface area contributed by atoms with Crippen LogP contribution in [0.3, 0.4) is 0 Å². The number of hydrogen-bond donors (Lipinski definition) is 2. The van der Waals surface area contributed by atoms with Crippen LogP contribution in [0.4, 0.5) is 0 Å². The Labute approximate surface area is 224 Å². The average Bonchev–Trinajstić information content (AvgIpc) is 3.57. The third-order valence-electron chi connectivity index (χ3n) is 9.12. The highest BCUT2D eigenvalue weighted by atomic mass is 16.5. The van der Waals surface area contributed by atoms with Crippen molar-refractivity contribution in [1.82, 2.24) is 10.2 Å². The first-order valence-corrected chi connectivity index (χ1v) is 13.8. The van der Waals surface area contributed by atoms with Crippen molar-refractivity contribution in [2.75, 3.05) is 20.1 Å².